The van der Waals surface area contributed by atoms with Crippen LogP contribution in [0.4, 0.5) is 5.82 Å². The molecule has 90 valence electrons. The Bertz CT molecular complexity index is 330. The second-order valence-corrected chi connectivity index (χ2v) is 5.11. The monoisotopic (exact) mass is 241 g/mol. The molecule has 3 nitrogen and oxygen atoms in total. The molecule has 0 atom stereocenters. The Morgan fingerprint density at radius 1 is 1.25 bits per heavy atom. The summed E-state index contributed by atoms with van der Waals surface area (Å²) in [6.07, 6.45) is 0. The first kappa shape index (κ1) is 13.2. The van der Waals surface area contributed by atoms with Gasteiger partial charge in [-0.1, -0.05) is 13.8 Å². The third-order valence-corrected chi connectivity index (χ3v) is 2.46. The van der Waals surface area contributed by atoms with Crippen molar-refractivity contribution in [2.75, 3.05) is 11.4 Å². The zero-order chi connectivity index (χ0) is 12.3. The summed E-state index contributed by atoms with van der Waals surface area (Å²) in [5.41, 5.74) is 0.907. The number of anilines is 1. The van der Waals surface area contributed by atoms with Crippen LogP contribution in [0, 0.1) is 12.8 Å². The lowest BCUT2D eigenvalue weighted by Gasteiger charge is -2.29. The topological polar surface area (TPSA) is 29.0 Å². The van der Waals surface area contributed by atoms with E-state index in [1.54, 1.807) is 0 Å². The molecule has 1 aromatic heterocycles. The van der Waals surface area contributed by atoms with Crippen LogP contribution < -0.4 is 4.90 Å². The molecule has 0 radical (unpaired) electrons. The van der Waals surface area contributed by atoms with E-state index in [1.807, 2.05) is 13.0 Å². The highest BCUT2D eigenvalue weighted by Gasteiger charge is 2.14. The summed E-state index contributed by atoms with van der Waals surface area (Å²) in [7, 11) is 0. The number of nitrogens with zero attached hydrogens (tertiary/aromatic N) is 3. The van der Waals surface area contributed by atoms with Gasteiger partial charge in [0.25, 0.3) is 0 Å². The number of halogens is 1. The zero-order valence-electron chi connectivity index (χ0n) is 10.7. The first-order valence-electron chi connectivity index (χ1n) is 5.68. The molecule has 0 fully saturated rings. The van der Waals surface area contributed by atoms with Gasteiger partial charge in [-0.15, -0.1) is 0 Å². The van der Waals surface area contributed by atoms with E-state index in [-0.39, 0.29) is 0 Å². The molecule has 1 rings (SSSR count). The van der Waals surface area contributed by atoms with Gasteiger partial charge in [0.15, 0.2) is 0 Å². The van der Waals surface area contributed by atoms with Crippen molar-refractivity contribution in [3.8, 4) is 0 Å². The van der Waals surface area contributed by atoms with E-state index < -0.39 is 0 Å². The Morgan fingerprint density at radius 3 is 2.31 bits per heavy atom. The van der Waals surface area contributed by atoms with E-state index in [4.69, 9.17) is 11.6 Å². The Kier molecular flexibility index (Phi) is 4.54. The van der Waals surface area contributed by atoms with Gasteiger partial charge in [0, 0.05) is 24.3 Å². The number of rotatable bonds is 4. The van der Waals surface area contributed by atoms with Crippen LogP contribution in [0.2, 0.25) is 5.28 Å². The van der Waals surface area contributed by atoms with E-state index in [2.05, 4.69) is 42.6 Å². The van der Waals surface area contributed by atoms with Crippen molar-refractivity contribution in [1.29, 1.82) is 0 Å². The van der Waals surface area contributed by atoms with Crippen LogP contribution in [0.25, 0.3) is 0 Å². The predicted octanol–water partition coefficient (Wildman–Crippen LogP) is 3.31. The fourth-order valence-electron chi connectivity index (χ4n) is 1.63. The summed E-state index contributed by atoms with van der Waals surface area (Å²) >= 11 is 5.89. The predicted molar refractivity (Wildman–Crippen MR) is 69.1 cm³/mol. The third kappa shape index (κ3) is 3.63. The lowest BCUT2D eigenvalue weighted by atomic mass is 10.2. The lowest BCUT2D eigenvalue weighted by Crippen LogP contribution is -2.35. The third-order valence-electron chi connectivity index (χ3n) is 2.29. The van der Waals surface area contributed by atoms with Gasteiger partial charge < -0.3 is 4.90 Å². The molecule has 0 amide bonds. The first-order valence-corrected chi connectivity index (χ1v) is 6.05. The highest BCUT2D eigenvalue weighted by atomic mass is 35.5. The van der Waals surface area contributed by atoms with Gasteiger partial charge in [0.05, 0.1) is 0 Å². The molecule has 0 aliphatic carbocycles. The second-order valence-electron chi connectivity index (χ2n) is 4.78. The molecule has 1 aromatic rings. The minimum absolute atomic E-state index is 0.324. The SMILES string of the molecule is Cc1cc(N(CC(C)C)C(C)C)nc(Cl)n1. The van der Waals surface area contributed by atoms with Gasteiger partial charge in [-0.25, -0.2) is 9.97 Å². The van der Waals surface area contributed by atoms with Crippen LogP contribution in [-0.2, 0) is 0 Å². The second kappa shape index (κ2) is 5.48. The smallest absolute Gasteiger partial charge is 0.224 e. The summed E-state index contributed by atoms with van der Waals surface area (Å²) in [6.45, 7) is 11.6. The highest BCUT2D eigenvalue weighted by Crippen LogP contribution is 2.18. The molecule has 0 spiro atoms. The average molecular weight is 242 g/mol. The lowest BCUT2D eigenvalue weighted by molar-refractivity contribution is 0.565. The van der Waals surface area contributed by atoms with Crippen LogP contribution in [0.15, 0.2) is 6.07 Å². The Balaban J connectivity index is 3.00. The fourth-order valence-corrected chi connectivity index (χ4v) is 1.85. The van der Waals surface area contributed by atoms with Crippen LogP contribution in [0.1, 0.15) is 33.4 Å². The van der Waals surface area contributed by atoms with E-state index in [1.165, 1.54) is 0 Å². The Morgan fingerprint density at radius 2 is 1.88 bits per heavy atom. The van der Waals surface area contributed by atoms with Gasteiger partial charge in [-0.3, -0.25) is 0 Å². The van der Waals surface area contributed by atoms with E-state index >= 15 is 0 Å². The van der Waals surface area contributed by atoms with Crippen LogP contribution in [-0.4, -0.2) is 22.6 Å². The first-order chi connectivity index (χ1) is 7.40. The van der Waals surface area contributed by atoms with Gasteiger partial charge in [0.1, 0.15) is 5.82 Å². The minimum atomic E-state index is 0.324. The van der Waals surface area contributed by atoms with Gasteiger partial charge in [-0.2, -0.15) is 0 Å². The minimum Gasteiger partial charge on any atom is -0.354 e. The fraction of sp³-hybridized carbons (Fsp3) is 0.667. The summed E-state index contributed by atoms with van der Waals surface area (Å²) in [5, 5.41) is 0.324. The molecule has 0 aliphatic rings. The molecule has 4 heteroatoms. The van der Waals surface area contributed by atoms with E-state index in [0.29, 0.717) is 17.2 Å². The van der Waals surface area contributed by atoms with Crippen molar-refractivity contribution < 1.29 is 0 Å². The standard InChI is InChI=1S/C12H20ClN3/c1-8(2)7-16(9(3)4)11-6-10(5)14-12(13)15-11/h6,8-9H,7H2,1-5H3. The van der Waals surface area contributed by atoms with Crippen molar-refractivity contribution in [1.82, 2.24) is 9.97 Å². The van der Waals surface area contributed by atoms with Crippen molar-refractivity contribution in [3.05, 3.63) is 17.0 Å². The number of aromatic nitrogens is 2. The average Bonchev–Trinajstić information content (AvgIpc) is 2.11. The molecule has 0 N–H and O–H groups in total. The summed E-state index contributed by atoms with van der Waals surface area (Å²) in [5.74, 6) is 1.51. The van der Waals surface area contributed by atoms with Gasteiger partial charge in [0.2, 0.25) is 5.28 Å². The summed E-state index contributed by atoms with van der Waals surface area (Å²) in [6, 6.07) is 2.39. The van der Waals surface area contributed by atoms with Gasteiger partial charge in [-0.05, 0) is 38.3 Å². The van der Waals surface area contributed by atoms with E-state index in [9.17, 15) is 0 Å². The van der Waals surface area contributed by atoms with Crippen molar-refractivity contribution in [2.24, 2.45) is 5.92 Å². The van der Waals surface area contributed by atoms with Crippen molar-refractivity contribution in [2.45, 2.75) is 40.7 Å². The Labute approximate surface area is 103 Å². The maximum absolute atomic E-state index is 5.89. The maximum Gasteiger partial charge on any atom is 0.224 e. The summed E-state index contributed by atoms with van der Waals surface area (Å²) in [4.78, 5) is 10.6. The molecule has 0 saturated heterocycles. The highest BCUT2D eigenvalue weighted by molar-refractivity contribution is 6.28. The maximum atomic E-state index is 5.89. The normalized spacial score (nSPS) is 11.2. The quantitative estimate of drug-likeness (QED) is 0.758. The number of hydrogen-bond donors (Lipinski definition) is 0. The largest absolute Gasteiger partial charge is 0.354 e. The number of hydrogen-bond acceptors (Lipinski definition) is 3. The van der Waals surface area contributed by atoms with Crippen LogP contribution in [0.5, 0.6) is 0 Å². The molecule has 16 heavy (non-hydrogen) atoms. The molecule has 1 heterocycles. The van der Waals surface area contributed by atoms with Crippen LogP contribution >= 0.6 is 11.6 Å². The zero-order valence-corrected chi connectivity index (χ0v) is 11.4. The van der Waals surface area contributed by atoms with E-state index in [0.717, 1.165) is 18.1 Å². The van der Waals surface area contributed by atoms with Gasteiger partial charge >= 0.3 is 0 Å². The van der Waals surface area contributed by atoms with Crippen molar-refractivity contribution >= 4 is 17.4 Å². The molecular formula is C12H20ClN3. The van der Waals surface area contributed by atoms with Crippen molar-refractivity contribution in [3.63, 3.8) is 0 Å². The molecule has 0 bridgehead atoms. The van der Waals surface area contributed by atoms with Crippen LogP contribution in [0.3, 0.4) is 0 Å². The molecule has 0 saturated carbocycles. The molecular weight excluding hydrogens is 222 g/mol. The Hall–Kier alpha value is -0.830. The molecule has 0 aromatic carbocycles. The molecule has 0 unspecified atom stereocenters. The summed E-state index contributed by atoms with van der Waals surface area (Å²) < 4.78 is 0. The number of aryl methyl sites for hydroxylation is 1. The molecule has 0 aliphatic heterocycles.